The second-order valence-corrected chi connectivity index (χ2v) is 7.33. The summed E-state index contributed by atoms with van der Waals surface area (Å²) in [5, 5.41) is 19.9. The summed E-state index contributed by atoms with van der Waals surface area (Å²) in [6.45, 7) is 0. The lowest BCUT2D eigenvalue weighted by Gasteiger charge is -2.13. The highest BCUT2D eigenvalue weighted by atomic mass is 32.2. The van der Waals surface area contributed by atoms with Gasteiger partial charge in [-0.25, -0.2) is 4.98 Å². The number of hydrogen-bond donors (Lipinski definition) is 0. The summed E-state index contributed by atoms with van der Waals surface area (Å²) in [5.41, 5.74) is 0.0595. The molecule has 1 aromatic carbocycles. The summed E-state index contributed by atoms with van der Waals surface area (Å²) in [4.78, 5) is 4.91. The zero-order valence-electron chi connectivity index (χ0n) is 13.6. The minimum Gasteiger partial charge on any atom is -0.239 e. The molecule has 3 rings (SSSR count). The van der Waals surface area contributed by atoms with Crippen LogP contribution in [0.15, 0.2) is 52.9 Å². The molecule has 0 aliphatic rings. The maximum absolute atomic E-state index is 13.5. The molecule has 0 fully saturated rings. The molecule has 0 spiro atoms. The minimum atomic E-state index is -4.65. The third-order valence-corrected chi connectivity index (χ3v) is 5.57. The molecule has 0 aliphatic carbocycles. The van der Waals surface area contributed by atoms with Crippen molar-refractivity contribution < 1.29 is 13.2 Å². The van der Waals surface area contributed by atoms with E-state index in [1.54, 1.807) is 47.8 Å². The molecule has 0 saturated carbocycles. The SMILES string of the molecule is N#Cc1ccc(CSc2nc(-c3cccs3)cc(C(F)(F)F)c2C#N)cc1. The second-order valence-electron chi connectivity index (χ2n) is 5.42. The van der Waals surface area contributed by atoms with Crippen molar-refractivity contribution in [3.63, 3.8) is 0 Å². The van der Waals surface area contributed by atoms with E-state index in [4.69, 9.17) is 5.26 Å². The summed E-state index contributed by atoms with van der Waals surface area (Å²) in [6, 6.07) is 14.7. The van der Waals surface area contributed by atoms with Gasteiger partial charge in [0.2, 0.25) is 0 Å². The summed E-state index contributed by atoms with van der Waals surface area (Å²) >= 11 is 2.35. The fourth-order valence-electron chi connectivity index (χ4n) is 2.34. The Kier molecular flexibility index (Phi) is 5.50. The molecule has 0 amide bonds. The average Bonchev–Trinajstić information content (AvgIpc) is 3.20. The molecule has 0 bridgehead atoms. The third kappa shape index (κ3) is 4.30. The number of aromatic nitrogens is 1. The van der Waals surface area contributed by atoms with Gasteiger partial charge in [-0.3, -0.25) is 0 Å². The number of benzene rings is 1. The van der Waals surface area contributed by atoms with Gasteiger partial charge in [-0.2, -0.15) is 23.7 Å². The maximum atomic E-state index is 13.5. The Morgan fingerprint density at radius 3 is 2.37 bits per heavy atom. The van der Waals surface area contributed by atoms with Crippen LogP contribution >= 0.6 is 23.1 Å². The van der Waals surface area contributed by atoms with Crippen LogP contribution in [0, 0.1) is 22.7 Å². The highest BCUT2D eigenvalue weighted by molar-refractivity contribution is 7.98. The normalized spacial score (nSPS) is 11.0. The molecule has 2 heterocycles. The highest BCUT2D eigenvalue weighted by Gasteiger charge is 2.36. The number of hydrogen-bond acceptors (Lipinski definition) is 5. The van der Waals surface area contributed by atoms with Gasteiger partial charge in [-0.05, 0) is 35.2 Å². The first-order valence-electron chi connectivity index (χ1n) is 7.60. The summed E-state index contributed by atoms with van der Waals surface area (Å²) in [5.74, 6) is 0.332. The number of thiophene rings is 1. The van der Waals surface area contributed by atoms with Crippen LogP contribution in [-0.2, 0) is 11.9 Å². The van der Waals surface area contributed by atoms with Crippen molar-refractivity contribution in [2.45, 2.75) is 17.0 Å². The molecule has 0 atom stereocenters. The van der Waals surface area contributed by atoms with Gasteiger partial charge in [0.15, 0.2) is 0 Å². The van der Waals surface area contributed by atoms with Gasteiger partial charge < -0.3 is 0 Å². The van der Waals surface area contributed by atoms with Gasteiger partial charge in [-0.1, -0.05) is 18.2 Å². The summed E-state index contributed by atoms with van der Waals surface area (Å²) < 4.78 is 40.4. The third-order valence-electron chi connectivity index (χ3n) is 3.64. The first kappa shape index (κ1) is 19.0. The maximum Gasteiger partial charge on any atom is 0.417 e. The Labute approximate surface area is 161 Å². The highest BCUT2D eigenvalue weighted by Crippen LogP contribution is 2.39. The van der Waals surface area contributed by atoms with Gasteiger partial charge in [0.25, 0.3) is 0 Å². The van der Waals surface area contributed by atoms with E-state index < -0.39 is 17.3 Å². The van der Waals surface area contributed by atoms with Gasteiger partial charge >= 0.3 is 6.18 Å². The van der Waals surface area contributed by atoms with E-state index in [2.05, 4.69) is 4.98 Å². The molecule has 27 heavy (non-hydrogen) atoms. The van der Waals surface area contributed by atoms with Crippen LogP contribution in [0.1, 0.15) is 22.3 Å². The van der Waals surface area contributed by atoms with Crippen LogP contribution in [0.3, 0.4) is 0 Å². The first-order chi connectivity index (χ1) is 12.9. The summed E-state index contributed by atoms with van der Waals surface area (Å²) in [6.07, 6.45) is -4.65. The molecule has 0 unspecified atom stereocenters. The van der Waals surface area contributed by atoms with E-state index in [0.29, 0.717) is 16.2 Å². The smallest absolute Gasteiger partial charge is 0.239 e. The van der Waals surface area contributed by atoms with Crippen molar-refractivity contribution >= 4 is 23.1 Å². The van der Waals surface area contributed by atoms with Crippen molar-refractivity contribution in [2.24, 2.45) is 0 Å². The number of nitrogens with zero attached hydrogens (tertiary/aromatic N) is 3. The van der Waals surface area contributed by atoms with Crippen LogP contribution in [0.2, 0.25) is 0 Å². The molecular formula is C19H10F3N3S2. The zero-order chi connectivity index (χ0) is 19.4. The zero-order valence-corrected chi connectivity index (χ0v) is 15.3. The Balaban J connectivity index is 2.00. The average molecular weight is 401 g/mol. The standard InChI is InChI=1S/C19H10F3N3S2/c20-19(21,22)15-8-16(17-2-1-7-26-17)25-18(14(15)10-24)27-11-13-5-3-12(9-23)4-6-13/h1-8H,11H2. The largest absolute Gasteiger partial charge is 0.417 e. The molecule has 2 aromatic heterocycles. The van der Waals surface area contributed by atoms with Crippen molar-refractivity contribution in [3.05, 3.63) is 70.1 Å². The number of alkyl halides is 3. The lowest BCUT2D eigenvalue weighted by molar-refractivity contribution is -0.138. The Hall–Kier alpha value is -2.81. The van der Waals surface area contributed by atoms with E-state index in [1.807, 2.05) is 6.07 Å². The number of rotatable bonds is 4. The fraction of sp³-hybridized carbons (Fsp3) is 0.105. The monoisotopic (exact) mass is 401 g/mol. The predicted octanol–water partition coefficient (Wildman–Crippen LogP) is 5.86. The summed E-state index contributed by atoms with van der Waals surface area (Å²) in [7, 11) is 0. The van der Waals surface area contributed by atoms with Crippen LogP contribution in [0.4, 0.5) is 13.2 Å². The number of halogens is 3. The van der Waals surface area contributed by atoms with Crippen molar-refractivity contribution in [1.82, 2.24) is 4.98 Å². The van der Waals surface area contributed by atoms with E-state index >= 15 is 0 Å². The number of nitriles is 2. The Bertz CT molecular complexity index is 1030. The quantitative estimate of drug-likeness (QED) is 0.514. The molecule has 0 N–H and O–H groups in total. The van der Waals surface area contributed by atoms with Crippen LogP contribution in [0.25, 0.3) is 10.6 Å². The van der Waals surface area contributed by atoms with Crippen molar-refractivity contribution in [1.29, 1.82) is 10.5 Å². The van der Waals surface area contributed by atoms with E-state index in [9.17, 15) is 18.4 Å². The topological polar surface area (TPSA) is 60.5 Å². The van der Waals surface area contributed by atoms with Crippen LogP contribution in [0.5, 0.6) is 0 Å². The molecular weight excluding hydrogens is 391 g/mol. The van der Waals surface area contributed by atoms with E-state index in [-0.39, 0.29) is 10.7 Å². The molecule has 0 aliphatic heterocycles. The predicted molar refractivity (Wildman–Crippen MR) is 98.0 cm³/mol. The lowest BCUT2D eigenvalue weighted by atomic mass is 10.1. The Morgan fingerprint density at radius 2 is 1.81 bits per heavy atom. The van der Waals surface area contributed by atoms with Crippen molar-refractivity contribution in [3.8, 4) is 22.7 Å². The van der Waals surface area contributed by atoms with Gasteiger partial charge in [0, 0.05) is 5.75 Å². The lowest BCUT2D eigenvalue weighted by Crippen LogP contribution is -2.10. The second kappa shape index (κ2) is 7.83. The van der Waals surface area contributed by atoms with Crippen LogP contribution in [-0.4, -0.2) is 4.98 Å². The van der Waals surface area contributed by atoms with Gasteiger partial charge in [0.05, 0.1) is 33.3 Å². The Morgan fingerprint density at radius 1 is 1.07 bits per heavy atom. The number of pyridine rings is 1. The minimum absolute atomic E-state index is 0.0417. The van der Waals surface area contributed by atoms with Crippen LogP contribution < -0.4 is 0 Å². The fourth-order valence-corrected chi connectivity index (χ4v) is 3.98. The van der Waals surface area contributed by atoms with Gasteiger partial charge in [-0.15, -0.1) is 23.1 Å². The molecule has 3 aromatic rings. The molecule has 134 valence electrons. The molecule has 0 radical (unpaired) electrons. The molecule has 8 heteroatoms. The molecule has 3 nitrogen and oxygen atoms in total. The number of thioether (sulfide) groups is 1. The van der Waals surface area contributed by atoms with Gasteiger partial charge in [0.1, 0.15) is 11.1 Å². The first-order valence-corrected chi connectivity index (χ1v) is 9.47. The van der Waals surface area contributed by atoms with E-state index in [1.165, 1.54) is 11.3 Å². The van der Waals surface area contributed by atoms with E-state index in [0.717, 1.165) is 23.4 Å². The molecule has 0 saturated heterocycles. The van der Waals surface area contributed by atoms with Crippen molar-refractivity contribution in [2.75, 3.05) is 0 Å².